The molecule has 0 bridgehead atoms. The van der Waals surface area contributed by atoms with Gasteiger partial charge in [0, 0.05) is 10.1 Å². The van der Waals surface area contributed by atoms with Gasteiger partial charge in [0.05, 0.1) is 6.61 Å². The first kappa shape index (κ1) is 16.1. The molecule has 0 aliphatic rings. The fraction of sp³-hybridized carbons (Fsp3) is 0.250. The number of aromatic nitrogens is 3. The Morgan fingerprint density at radius 1 is 1.38 bits per heavy atom. The number of anilines is 1. The lowest BCUT2D eigenvalue weighted by molar-refractivity contribution is -0.119. The van der Waals surface area contributed by atoms with Gasteiger partial charge in [-0.25, -0.2) is 14.5 Å². The number of ether oxygens (including phenoxy) is 1. The molecule has 1 unspecified atom stereocenters. The van der Waals surface area contributed by atoms with Crippen LogP contribution in [-0.2, 0) is 9.53 Å². The molecule has 0 radical (unpaired) electrons. The van der Waals surface area contributed by atoms with Gasteiger partial charge in [-0.3, -0.25) is 4.79 Å². The molecule has 1 aromatic carbocycles. The van der Waals surface area contributed by atoms with E-state index >= 15 is 0 Å². The quantitative estimate of drug-likeness (QED) is 0.719. The molecule has 1 atom stereocenters. The molecule has 2 aromatic heterocycles. The van der Waals surface area contributed by atoms with Crippen LogP contribution in [0.1, 0.15) is 30.2 Å². The summed E-state index contributed by atoms with van der Waals surface area (Å²) >= 11 is 1.34. The summed E-state index contributed by atoms with van der Waals surface area (Å²) in [5.41, 5.74) is 0.386. The molecule has 3 rings (SSSR count). The molecule has 0 saturated carbocycles. The summed E-state index contributed by atoms with van der Waals surface area (Å²) in [4.78, 5) is 28.6. The van der Waals surface area contributed by atoms with Gasteiger partial charge in [-0.05, 0) is 19.9 Å². The largest absolute Gasteiger partial charge is 0.462 e. The Balaban J connectivity index is 1.95. The van der Waals surface area contributed by atoms with Crippen molar-refractivity contribution in [3.8, 4) is 0 Å². The minimum absolute atomic E-state index is 0.270. The van der Waals surface area contributed by atoms with Gasteiger partial charge in [0.15, 0.2) is 0 Å². The number of nitrogens with zero attached hydrogens (tertiary/aromatic N) is 3. The second-order valence-corrected chi connectivity index (χ2v) is 6.12. The van der Waals surface area contributed by atoms with Gasteiger partial charge in [0.25, 0.3) is 0 Å². The van der Waals surface area contributed by atoms with Gasteiger partial charge in [0.1, 0.15) is 29.3 Å². The highest BCUT2D eigenvalue weighted by molar-refractivity contribution is 7.23. The number of carbonyl (C=O) groups is 2. The monoisotopic (exact) mass is 344 g/mol. The van der Waals surface area contributed by atoms with Crippen molar-refractivity contribution in [2.45, 2.75) is 19.9 Å². The number of amides is 1. The SMILES string of the molecule is CCOC(=O)c1c(NC(=O)C(C)n2cncn2)sc2ccccc12. The molecule has 2 heterocycles. The number of nitrogens with one attached hydrogen (secondary N) is 1. The lowest BCUT2D eigenvalue weighted by atomic mass is 10.1. The van der Waals surface area contributed by atoms with Crippen molar-refractivity contribution >= 4 is 38.3 Å². The molecule has 0 saturated heterocycles. The Kier molecular flexibility index (Phi) is 4.57. The van der Waals surface area contributed by atoms with E-state index in [2.05, 4.69) is 15.4 Å². The summed E-state index contributed by atoms with van der Waals surface area (Å²) in [6.07, 6.45) is 2.84. The third kappa shape index (κ3) is 3.00. The maximum atomic E-state index is 12.5. The van der Waals surface area contributed by atoms with E-state index in [9.17, 15) is 9.59 Å². The maximum absolute atomic E-state index is 12.5. The van der Waals surface area contributed by atoms with E-state index in [0.717, 1.165) is 10.1 Å². The minimum atomic E-state index is -0.548. The van der Waals surface area contributed by atoms with Gasteiger partial charge in [-0.2, -0.15) is 5.10 Å². The number of carbonyl (C=O) groups excluding carboxylic acids is 2. The third-order valence-electron chi connectivity index (χ3n) is 3.52. The zero-order valence-corrected chi connectivity index (χ0v) is 14.0. The van der Waals surface area contributed by atoms with E-state index in [-0.39, 0.29) is 12.5 Å². The molecule has 24 heavy (non-hydrogen) atoms. The molecular weight excluding hydrogens is 328 g/mol. The highest BCUT2D eigenvalue weighted by atomic mass is 32.1. The number of benzene rings is 1. The van der Waals surface area contributed by atoms with Crippen LogP contribution >= 0.6 is 11.3 Å². The highest BCUT2D eigenvalue weighted by Crippen LogP contribution is 2.36. The number of fused-ring (bicyclic) bond motifs is 1. The lowest BCUT2D eigenvalue weighted by Gasteiger charge is -2.12. The van der Waals surface area contributed by atoms with Gasteiger partial charge >= 0.3 is 5.97 Å². The summed E-state index contributed by atoms with van der Waals surface area (Å²) in [5, 5.41) is 8.03. The van der Waals surface area contributed by atoms with Crippen LogP contribution in [-0.4, -0.2) is 33.2 Å². The van der Waals surface area contributed by atoms with Crippen LogP contribution in [0.4, 0.5) is 5.00 Å². The molecule has 8 heteroatoms. The molecule has 7 nitrogen and oxygen atoms in total. The number of esters is 1. The maximum Gasteiger partial charge on any atom is 0.341 e. The van der Waals surface area contributed by atoms with Gasteiger partial charge in [-0.15, -0.1) is 11.3 Å². The molecule has 0 fully saturated rings. The van der Waals surface area contributed by atoms with Crippen molar-refractivity contribution in [2.75, 3.05) is 11.9 Å². The van der Waals surface area contributed by atoms with E-state index < -0.39 is 12.0 Å². The fourth-order valence-electron chi connectivity index (χ4n) is 2.29. The van der Waals surface area contributed by atoms with Crippen molar-refractivity contribution < 1.29 is 14.3 Å². The Hall–Kier alpha value is -2.74. The first-order valence-corrected chi connectivity index (χ1v) is 8.27. The van der Waals surface area contributed by atoms with Crippen LogP contribution in [0.3, 0.4) is 0 Å². The predicted octanol–water partition coefficient (Wildman–Crippen LogP) is 2.87. The van der Waals surface area contributed by atoms with Gasteiger partial charge in [-0.1, -0.05) is 18.2 Å². The molecule has 1 amide bonds. The van der Waals surface area contributed by atoms with Crippen LogP contribution in [0.2, 0.25) is 0 Å². The second-order valence-electron chi connectivity index (χ2n) is 5.06. The van der Waals surface area contributed by atoms with Crippen molar-refractivity contribution in [1.82, 2.24) is 14.8 Å². The Morgan fingerprint density at radius 2 is 2.17 bits per heavy atom. The zero-order chi connectivity index (χ0) is 17.1. The van der Waals surface area contributed by atoms with E-state index in [4.69, 9.17) is 4.74 Å². The predicted molar refractivity (Wildman–Crippen MR) is 91.1 cm³/mol. The van der Waals surface area contributed by atoms with E-state index in [0.29, 0.717) is 10.6 Å². The molecule has 1 N–H and O–H groups in total. The van der Waals surface area contributed by atoms with Crippen molar-refractivity contribution in [2.24, 2.45) is 0 Å². The summed E-state index contributed by atoms with van der Waals surface area (Å²) in [7, 11) is 0. The Bertz CT molecular complexity index is 873. The minimum Gasteiger partial charge on any atom is -0.462 e. The van der Waals surface area contributed by atoms with Crippen LogP contribution < -0.4 is 5.32 Å². The zero-order valence-electron chi connectivity index (χ0n) is 13.2. The second kappa shape index (κ2) is 6.79. The van der Waals surface area contributed by atoms with E-state index in [1.165, 1.54) is 28.7 Å². The third-order valence-corrected chi connectivity index (χ3v) is 4.61. The van der Waals surface area contributed by atoms with Crippen molar-refractivity contribution in [3.63, 3.8) is 0 Å². The normalized spacial score (nSPS) is 12.1. The summed E-state index contributed by atoms with van der Waals surface area (Å²) in [5.74, 6) is -0.726. The molecule has 0 aliphatic carbocycles. The average molecular weight is 344 g/mol. The smallest absolute Gasteiger partial charge is 0.341 e. The molecule has 3 aromatic rings. The Morgan fingerprint density at radius 3 is 2.88 bits per heavy atom. The van der Waals surface area contributed by atoms with Gasteiger partial charge < -0.3 is 10.1 Å². The van der Waals surface area contributed by atoms with E-state index in [1.54, 1.807) is 13.8 Å². The van der Waals surface area contributed by atoms with Crippen LogP contribution in [0.5, 0.6) is 0 Å². The highest BCUT2D eigenvalue weighted by Gasteiger charge is 2.23. The molecule has 0 aliphatic heterocycles. The molecule has 0 spiro atoms. The summed E-state index contributed by atoms with van der Waals surface area (Å²) in [6, 6.07) is 6.93. The standard InChI is InChI=1S/C16H16N4O3S/c1-3-23-16(22)13-11-6-4-5-7-12(11)24-15(13)19-14(21)10(2)20-9-17-8-18-20/h4-10H,3H2,1-2H3,(H,19,21). The van der Waals surface area contributed by atoms with Gasteiger partial charge in [0.2, 0.25) is 5.91 Å². The summed E-state index contributed by atoms with van der Waals surface area (Å²) < 4.78 is 7.50. The first-order valence-electron chi connectivity index (χ1n) is 7.45. The van der Waals surface area contributed by atoms with Crippen molar-refractivity contribution in [3.05, 3.63) is 42.5 Å². The number of hydrogen-bond acceptors (Lipinski definition) is 6. The average Bonchev–Trinajstić information content (AvgIpc) is 3.21. The Labute approximate surface area is 142 Å². The summed E-state index contributed by atoms with van der Waals surface area (Å²) in [6.45, 7) is 3.73. The van der Waals surface area contributed by atoms with Crippen LogP contribution in [0, 0.1) is 0 Å². The topological polar surface area (TPSA) is 86.1 Å². The molecular formula is C16H16N4O3S. The number of hydrogen-bond donors (Lipinski definition) is 1. The van der Waals surface area contributed by atoms with Crippen LogP contribution in [0.15, 0.2) is 36.9 Å². The van der Waals surface area contributed by atoms with E-state index in [1.807, 2.05) is 24.3 Å². The molecule has 124 valence electrons. The van der Waals surface area contributed by atoms with Crippen LogP contribution in [0.25, 0.3) is 10.1 Å². The van der Waals surface area contributed by atoms with Crippen molar-refractivity contribution in [1.29, 1.82) is 0 Å². The fourth-order valence-corrected chi connectivity index (χ4v) is 3.39. The number of rotatable bonds is 5. The number of thiophene rings is 1. The lowest BCUT2D eigenvalue weighted by Crippen LogP contribution is -2.24. The first-order chi connectivity index (χ1) is 11.6.